The number of alkyl halides is 1. The minimum absolute atomic E-state index is 0. The van der Waals surface area contributed by atoms with Gasteiger partial charge >= 0.3 is 11.9 Å². The number of anilines is 1. The molecule has 1 unspecified atom stereocenters. The van der Waals surface area contributed by atoms with Crippen LogP contribution in [0.25, 0.3) is 22.3 Å². The number of ether oxygens (including phenoxy) is 3. The Kier molecular flexibility index (Phi) is 9.60. The number of aliphatic hydroxyl groups is 1. The van der Waals surface area contributed by atoms with Crippen LogP contribution in [0.2, 0.25) is 5.28 Å². The zero-order chi connectivity index (χ0) is 30.0. The number of benzene rings is 2. The van der Waals surface area contributed by atoms with E-state index in [9.17, 15) is 19.8 Å². The predicted molar refractivity (Wildman–Crippen MR) is 155 cm³/mol. The predicted octanol–water partition coefficient (Wildman–Crippen LogP) is 3.61. The van der Waals surface area contributed by atoms with E-state index in [0.29, 0.717) is 5.56 Å². The van der Waals surface area contributed by atoms with Crippen molar-refractivity contribution >= 4 is 40.5 Å². The van der Waals surface area contributed by atoms with Crippen molar-refractivity contribution in [2.24, 2.45) is 0 Å². The van der Waals surface area contributed by atoms with Gasteiger partial charge in [-0.3, -0.25) is 4.57 Å². The number of nitrogens with zero attached hydrogens (tertiary/aromatic N) is 4. The van der Waals surface area contributed by atoms with Crippen LogP contribution >= 0.6 is 11.6 Å². The molecule has 12 nitrogen and oxygen atoms in total. The number of carboxylic acids is 1. The van der Waals surface area contributed by atoms with Crippen molar-refractivity contribution in [1.82, 2.24) is 19.5 Å². The Morgan fingerprint density at radius 2 is 1.81 bits per heavy atom. The molecular formula is C29H31ClFN5O7. The molecular weight excluding hydrogens is 585 g/mol. The molecule has 3 heterocycles. The average Bonchev–Trinajstić information content (AvgIpc) is 3.52. The molecule has 1 aliphatic heterocycles. The standard InChI is InChI=1S/C28H27ClFN5O7.CH4/c1-2-40-26(39)28(25(37)38,12-15-8-10-17(11-9-15)16-6-4-3-5-7-16)41-13-18-21(36)19(30)24(42-18)35-14-32-20-22(31)33-27(29)34-23(20)35;/h3-11,14,18-19,21,24,36H,2,12-13H2,1H3,(H,37,38)(H2,31,33,34);1H4/t18-,19+,21-,24-,28?;/m1./s1. The molecule has 0 bridgehead atoms. The van der Waals surface area contributed by atoms with Crippen LogP contribution in [0.15, 0.2) is 60.9 Å². The lowest BCUT2D eigenvalue weighted by molar-refractivity contribution is -0.193. The molecule has 1 aliphatic rings. The Labute approximate surface area is 251 Å². The third kappa shape index (κ3) is 6.15. The zero-order valence-corrected chi connectivity index (χ0v) is 23.0. The van der Waals surface area contributed by atoms with Crippen LogP contribution in [0, 0.1) is 0 Å². The normalized spacial score (nSPS) is 21.2. The van der Waals surface area contributed by atoms with Gasteiger partial charge in [0.15, 0.2) is 23.9 Å². The summed E-state index contributed by atoms with van der Waals surface area (Å²) in [5, 5.41) is 20.7. The van der Waals surface area contributed by atoms with Crippen molar-refractivity contribution in [2.75, 3.05) is 18.9 Å². The lowest BCUT2D eigenvalue weighted by Crippen LogP contribution is -2.53. The number of aliphatic hydroxyl groups excluding tert-OH is 1. The van der Waals surface area contributed by atoms with Gasteiger partial charge in [0.25, 0.3) is 5.60 Å². The lowest BCUT2D eigenvalue weighted by atomic mass is 9.92. The number of hydrogen-bond acceptors (Lipinski definition) is 10. The number of nitrogens with two attached hydrogens (primary N) is 1. The Bertz CT molecular complexity index is 1590. The second-order valence-electron chi connectivity index (χ2n) is 9.61. The van der Waals surface area contributed by atoms with Gasteiger partial charge in [-0.05, 0) is 35.2 Å². The van der Waals surface area contributed by atoms with Gasteiger partial charge in [0.2, 0.25) is 5.28 Å². The van der Waals surface area contributed by atoms with Gasteiger partial charge in [0.05, 0.1) is 19.5 Å². The largest absolute Gasteiger partial charge is 0.479 e. The highest BCUT2D eigenvalue weighted by atomic mass is 35.5. The van der Waals surface area contributed by atoms with Gasteiger partial charge in [-0.25, -0.2) is 19.0 Å². The van der Waals surface area contributed by atoms with E-state index in [0.717, 1.165) is 11.1 Å². The first-order chi connectivity index (χ1) is 20.1. The molecule has 1 saturated heterocycles. The van der Waals surface area contributed by atoms with Crippen molar-refractivity contribution < 1.29 is 38.4 Å². The number of fused-ring (bicyclic) bond motifs is 1. The molecule has 0 saturated carbocycles. The first kappa shape index (κ1) is 31.8. The molecule has 0 radical (unpaired) electrons. The fourth-order valence-corrected chi connectivity index (χ4v) is 4.95. The molecule has 0 spiro atoms. The molecule has 14 heteroatoms. The number of hydrogen-bond donors (Lipinski definition) is 3. The van der Waals surface area contributed by atoms with Gasteiger partial charge in [-0.1, -0.05) is 62.0 Å². The van der Waals surface area contributed by atoms with E-state index >= 15 is 4.39 Å². The Morgan fingerprint density at radius 3 is 2.47 bits per heavy atom. The highest BCUT2D eigenvalue weighted by molar-refractivity contribution is 6.28. The van der Waals surface area contributed by atoms with Gasteiger partial charge in [-0.2, -0.15) is 9.97 Å². The number of carbonyl (C=O) groups is 2. The number of imidazole rings is 1. The number of rotatable bonds is 10. The number of carbonyl (C=O) groups excluding carboxylic acids is 1. The maximum Gasteiger partial charge on any atom is 0.350 e. The summed E-state index contributed by atoms with van der Waals surface area (Å²) in [6, 6.07) is 16.5. The van der Waals surface area contributed by atoms with Crippen LogP contribution in [0.3, 0.4) is 0 Å². The molecule has 0 aliphatic carbocycles. The van der Waals surface area contributed by atoms with E-state index in [2.05, 4.69) is 15.0 Å². The number of aliphatic carboxylic acids is 1. The minimum Gasteiger partial charge on any atom is -0.479 e. The molecule has 2 aromatic carbocycles. The van der Waals surface area contributed by atoms with Gasteiger partial charge < -0.3 is 30.2 Å². The van der Waals surface area contributed by atoms with Gasteiger partial charge in [-0.15, -0.1) is 0 Å². The Morgan fingerprint density at radius 1 is 1.14 bits per heavy atom. The third-order valence-corrected chi connectivity index (χ3v) is 7.12. The molecule has 5 atom stereocenters. The summed E-state index contributed by atoms with van der Waals surface area (Å²) in [5.74, 6) is -2.79. The van der Waals surface area contributed by atoms with Crippen molar-refractivity contribution in [3.63, 3.8) is 0 Å². The monoisotopic (exact) mass is 615 g/mol. The molecule has 2 aromatic heterocycles. The van der Waals surface area contributed by atoms with Crippen LogP contribution in [0.5, 0.6) is 0 Å². The molecule has 5 rings (SSSR count). The summed E-state index contributed by atoms with van der Waals surface area (Å²) in [4.78, 5) is 37.5. The fourth-order valence-electron chi connectivity index (χ4n) is 4.77. The fraction of sp³-hybridized carbons (Fsp3) is 0.345. The first-order valence-corrected chi connectivity index (χ1v) is 13.3. The SMILES string of the molecule is C.CCOC(=O)C(Cc1ccc(-c2ccccc2)cc1)(OC[C@H]1O[C@@H](n2cnc3c(N)nc(Cl)nc32)[C@@H](F)[C@@H]1O)C(=O)O. The maximum absolute atomic E-state index is 15.3. The minimum atomic E-state index is -2.51. The second-order valence-corrected chi connectivity index (χ2v) is 9.94. The van der Waals surface area contributed by atoms with E-state index in [1.54, 1.807) is 24.3 Å². The lowest BCUT2D eigenvalue weighted by Gasteiger charge is -2.29. The summed E-state index contributed by atoms with van der Waals surface area (Å²) in [6.45, 7) is 0.762. The number of halogens is 2. The summed E-state index contributed by atoms with van der Waals surface area (Å²) < 4.78 is 33.0. The Balaban J connectivity index is 0.00000423. The van der Waals surface area contributed by atoms with Crippen molar-refractivity contribution in [1.29, 1.82) is 0 Å². The number of esters is 1. The number of nitrogen functional groups attached to an aromatic ring is 1. The van der Waals surface area contributed by atoms with E-state index in [1.165, 1.54) is 17.8 Å². The Hall–Kier alpha value is -4.17. The highest BCUT2D eigenvalue weighted by Gasteiger charge is 2.52. The smallest absolute Gasteiger partial charge is 0.350 e. The summed E-state index contributed by atoms with van der Waals surface area (Å²) >= 11 is 5.90. The van der Waals surface area contributed by atoms with E-state index in [1.807, 2.05) is 30.3 Å². The third-order valence-electron chi connectivity index (χ3n) is 6.95. The van der Waals surface area contributed by atoms with E-state index in [-0.39, 0.29) is 36.3 Å². The molecule has 1 fully saturated rings. The van der Waals surface area contributed by atoms with Gasteiger partial charge in [0, 0.05) is 6.42 Å². The number of carboxylic acid groups (broad SMARTS) is 1. The average molecular weight is 616 g/mol. The first-order valence-electron chi connectivity index (χ1n) is 13.0. The zero-order valence-electron chi connectivity index (χ0n) is 22.3. The van der Waals surface area contributed by atoms with Crippen molar-refractivity contribution in [2.45, 2.75) is 51.0 Å². The molecule has 228 valence electrons. The van der Waals surface area contributed by atoms with Crippen LogP contribution in [-0.2, 0) is 30.2 Å². The van der Waals surface area contributed by atoms with Crippen LogP contribution in [0.1, 0.15) is 26.1 Å². The molecule has 4 N–H and O–H groups in total. The van der Waals surface area contributed by atoms with Crippen LogP contribution < -0.4 is 5.73 Å². The summed E-state index contributed by atoms with van der Waals surface area (Å²) in [5.41, 5.74) is 5.85. The summed E-state index contributed by atoms with van der Waals surface area (Å²) in [6.07, 6.45) is -5.75. The summed E-state index contributed by atoms with van der Waals surface area (Å²) in [7, 11) is 0. The number of aromatic nitrogens is 4. The quantitative estimate of drug-likeness (QED) is 0.135. The van der Waals surface area contributed by atoms with Crippen LogP contribution in [-0.4, -0.2) is 78.9 Å². The van der Waals surface area contributed by atoms with Gasteiger partial charge in [0.1, 0.15) is 17.7 Å². The second kappa shape index (κ2) is 13.0. The molecule has 43 heavy (non-hydrogen) atoms. The topological polar surface area (TPSA) is 172 Å². The highest BCUT2D eigenvalue weighted by Crippen LogP contribution is 2.35. The van der Waals surface area contributed by atoms with Crippen LogP contribution in [0.4, 0.5) is 10.2 Å². The molecule has 0 amide bonds. The maximum atomic E-state index is 15.3. The van der Waals surface area contributed by atoms with E-state index < -0.39 is 55.2 Å². The van der Waals surface area contributed by atoms with Crippen molar-refractivity contribution in [3.8, 4) is 11.1 Å². The van der Waals surface area contributed by atoms with Crippen molar-refractivity contribution in [3.05, 3.63) is 71.8 Å². The molecule has 4 aromatic rings. The van der Waals surface area contributed by atoms with E-state index in [4.69, 9.17) is 31.5 Å².